The Morgan fingerprint density at radius 3 is 3.00 bits per heavy atom. The van der Waals surface area contributed by atoms with Gasteiger partial charge in [0.05, 0.1) is 12.8 Å². The van der Waals surface area contributed by atoms with Crippen molar-refractivity contribution in [2.45, 2.75) is 12.5 Å². The number of nitrogens with one attached hydrogen (secondary N) is 2. The molecule has 0 saturated carbocycles. The van der Waals surface area contributed by atoms with Crippen LogP contribution in [-0.4, -0.2) is 32.4 Å². The predicted molar refractivity (Wildman–Crippen MR) is 66.3 cm³/mol. The monoisotopic (exact) mass is 265 g/mol. The van der Waals surface area contributed by atoms with Crippen LogP contribution in [0.5, 0.6) is 0 Å². The molecule has 0 bridgehead atoms. The Hall–Kier alpha value is -2.35. The number of amides is 2. The fraction of sp³-hybridized carbons (Fsp3) is 0.364. The van der Waals surface area contributed by atoms with Gasteiger partial charge in [-0.05, 0) is 19.1 Å². The number of carbonyl (C=O) groups excluding carboxylic acids is 1. The molecule has 2 aromatic heterocycles. The molecule has 19 heavy (non-hydrogen) atoms. The van der Waals surface area contributed by atoms with Gasteiger partial charge >= 0.3 is 6.03 Å². The largest absolute Gasteiger partial charge is 0.466 e. The van der Waals surface area contributed by atoms with E-state index in [2.05, 4.69) is 20.7 Å². The second kappa shape index (κ2) is 5.11. The molecule has 0 aliphatic heterocycles. The molecule has 0 radical (unpaired) electrons. The third kappa shape index (κ3) is 3.10. The molecule has 0 aromatic carbocycles. The molecule has 2 aromatic rings. The van der Waals surface area contributed by atoms with E-state index in [0.717, 1.165) is 0 Å². The molecular weight excluding hydrogens is 250 g/mol. The van der Waals surface area contributed by atoms with E-state index in [1.165, 1.54) is 17.3 Å². The number of hydrogen-bond donors (Lipinski definition) is 3. The zero-order valence-corrected chi connectivity index (χ0v) is 10.6. The summed E-state index contributed by atoms with van der Waals surface area (Å²) in [5.41, 5.74) is -1.28. The van der Waals surface area contributed by atoms with Crippen molar-refractivity contribution in [2.75, 3.05) is 11.9 Å². The third-order valence-corrected chi connectivity index (χ3v) is 2.58. The van der Waals surface area contributed by atoms with E-state index in [1.54, 1.807) is 26.1 Å². The zero-order chi connectivity index (χ0) is 13.9. The number of rotatable bonds is 4. The Morgan fingerprint density at radius 2 is 2.42 bits per heavy atom. The lowest BCUT2D eigenvalue weighted by Gasteiger charge is -2.21. The molecule has 2 rings (SSSR count). The number of carbonyl (C=O) groups is 1. The molecule has 8 heteroatoms. The van der Waals surface area contributed by atoms with Crippen molar-refractivity contribution in [1.82, 2.24) is 20.1 Å². The first-order chi connectivity index (χ1) is 8.99. The summed E-state index contributed by atoms with van der Waals surface area (Å²) in [6, 6.07) is 2.83. The average molecular weight is 265 g/mol. The molecule has 1 atom stereocenters. The van der Waals surface area contributed by atoms with Gasteiger partial charge < -0.3 is 14.8 Å². The average Bonchev–Trinajstić information content (AvgIpc) is 3.00. The number of hydrogen-bond acceptors (Lipinski definition) is 5. The van der Waals surface area contributed by atoms with Gasteiger partial charge in [-0.25, -0.2) is 9.48 Å². The highest BCUT2D eigenvalue weighted by atomic mass is 16.4. The SMILES string of the molecule is Cn1ncnc1NC(=O)NCC(C)(O)c1ccco1. The first kappa shape index (κ1) is 13.1. The van der Waals surface area contributed by atoms with Crippen LogP contribution in [0.3, 0.4) is 0 Å². The van der Waals surface area contributed by atoms with Crippen LogP contribution < -0.4 is 10.6 Å². The Morgan fingerprint density at radius 1 is 1.63 bits per heavy atom. The van der Waals surface area contributed by atoms with Crippen LogP contribution in [0.1, 0.15) is 12.7 Å². The molecule has 3 N–H and O–H groups in total. The summed E-state index contributed by atoms with van der Waals surface area (Å²) in [4.78, 5) is 15.5. The summed E-state index contributed by atoms with van der Waals surface area (Å²) in [5.74, 6) is 0.696. The number of nitrogens with zero attached hydrogens (tertiary/aromatic N) is 3. The lowest BCUT2D eigenvalue weighted by molar-refractivity contribution is 0.0372. The minimum absolute atomic E-state index is 0.00416. The molecule has 102 valence electrons. The molecule has 1 unspecified atom stereocenters. The number of anilines is 1. The van der Waals surface area contributed by atoms with Crippen molar-refractivity contribution >= 4 is 12.0 Å². The number of aryl methyl sites for hydroxylation is 1. The summed E-state index contributed by atoms with van der Waals surface area (Å²) in [6.45, 7) is 1.55. The van der Waals surface area contributed by atoms with E-state index in [-0.39, 0.29) is 6.54 Å². The van der Waals surface area contributed by atoms with E-state index in [1.807, 2.05) is 0 Å². The maximum atomic E-state index is 11.6. The number of urea groups is 1. The minimum atomic E-state index is -1.28. The molecule has 0 saturated heterocycles. The Balaban J connectivity index is 1.89. The maximum Gasteiger partial charge on any atom is 0.321 e. The van der Waals surface area contributed by atoms with Gasteiger partial charge in [-0.3, -0.25) is 5.32 Å². The molecular formula is C11H15N5O3. The van der Waals surface area contributed by atoms with Gasteiger partial charge in [0, 0.05) is 7.05 Å². The summed E-state index contributed by atoms with van der Waals surface area (Å²) >= 11 is 0. The Bertz CT molecular complexity index is 546. The van der Waals surface area contributed by atoms with Gasteiger partial charge in [-0.1, -0.05) is 0 Å². The van der Waals surface area contributed by atoms with Gasteiger partial charge in [0.1, 0.15) is 17.7 Å². The highest BCUT2D eigenvalue weighted by molar-refractivity contribution is 5.87. The third-order valence-electron chi connectivity index (χ3n) is 2.58. The predicted octanol–water partition coefficient (Wildman–Crippen LogP) is 0.437. The van der Waals surface area contributed by atoms with E-state index < -0.39 is 11.6 Å². The number of furan rings is 1. The van der Waals surface area contributed by atoms with Crippen molar-refractivity contribution < 1.29 is 14.3 Å². The van der Waals surface area contributed by atoms with Crippen LogP contribution in [0.25, 0.3) is 0 Å². The van der Waals surface area contributed by atoms with E-state index in [0.29, 0.717) is 11.7 Å². The molecule has 2 amide bonds. The lowest BCUT2D eigenvalue weighted by Crippen LogP contribution is -2.40. The highest BCUT2D eigenvalue weighted by Gasteiger charge is 2.26. The van der Waals surface area contributed by atoms with Crippen LogP contribution in [-0.2, 0) is 12.6 Å². The van der Waals surface area contributed by atoms with Gasteiger partial charge in [-0.15, -0.1) is 0 Å². The molecule has 8 nitrogen and oxygen atoms in total. The summed E-state index contributed by atoms with van der Waals surface area (Å²) < 4.78 is 6.53. The number of aromatic nitrogens is 3. The second-order valence-corrected chi connectivity index (χ2v) is 4.27. The molecule has 0 aliphatic carbocycles. The summed E-state index contributed by atoms with van der Waals surface area (Å²) in [7, 11) is 1.65. The Labute approximate surface area is 109 Å². The first-order valence-corrected chi connectivity index (χ1v) is 5.64. The number of aliphatic hydroxyl groups is 1. The van der Waals surface area contributed by atoms with E-state index >= 15 is 0 Å². The van der Waals surface area contributed by atoms with Crippen molar-refractivity contribution in [3.63, 3.8) is 0 Å². The van der Waals surface area contributed by atoms with Crippen molar-refractivity contribution in [3.05, 3.63) is 30.5 Å². The Kier molecular flexibility index (Phi) is 3.52. The van der Waals surface area contributed by atoms with Gasteiger partial charge in [0.15, 0.2) is 0 Å². The van der Waals surface area contributed by atoms with E-state index in [4.69, 9.17) is 4.42 Å². The van der Waals surface area contributed by atoms with Crippen LogP contribution in [0, 0.1) is 0 Å². The topological polar surface area (TPSA) is 105 Å². The standard InChI is InChI=1S/C11H15N5O3/c1-11(18,8-4-3-5-19-8)6-12-10(17)15-9-13-7-14-16(9)2/h3-5,7,18H,6H2,1-2H3,(H2,12,13,14,15,17). The van der Waals surface area contributed by atoms with Crippen LogP contribution >= 0.6 is 0 Å². The van der Waals surface area contributed by atoms with Crippen molar-refractivity contribution in [2.24, 2.45) is 7.05 Å². The second-order valence-electron chi connectivity index (χ2n) is 4.27. The van der Waals surface area contributed by atoms with Crippen molar-refractivity contribution in [1.29, 1.82) is 0 Å². The fourth-order valence-electron chi connectivity index (χ4n) is 1.48. The maximum absolute atomic E-state index is 11.6. The quantitative estimate of drug-likeness (QED) is 0.743. The van der Waals surface area contributed by atoms with Crippen molar-refractivity contribution in [3.8, 4) is 0 Å². The summed E-state index contributed by atoms with van der Waals surface area (Å²) in [6.07, 6.45) is 2.79. The molecule has 0 fully saturated rings. The molecule has 0 aliphatic rings. The fourth-order valence-corrected chi connectivity index (χ4v) is 1.48. The van der Waals surface area contributed by atoms with Gasteiger partial charge in [0.25, 0.3) is 0 Å². The lowest BCUT2D eigenvalue weighted by atomic mass is 10.0. The first-order valence-electron chi connectivity index (χ1n) is 5.64. The normalized spacial score (nSPS) is 13.8. The van der Waals surface area contributed by atoms with E-state index in [9.17, 15) is 9.90 Å². The summed E-state index contributed by atoms with van der Waals surface area (Å²) in [5, 5.41) is 19.0. The zero-order valence-electron chi connectivity index (χ0n) is 10.6. The van der Waals surface area contributed by atoms with Crippen LogP contribution in [0.15, 0.2) is 29.1 Å². The minimum Gasteiger partial charge on any atom is -0.466 e. The van der Waals surface area contributed by atoms with Gasteiger partial charge in [-0.2, -0.15) is 10.1 Å². The van der Waals surface area contributed by atoms with Crippen LogP contribution in [0.2, 0.25) is 0 Å². The molecule has 0 spiro atoms. The smallest absolute Gasteiger partial charge is 0.321 e. The highest BCUT2D eigenvalue weighted by Crippen LogP contribution is 2.19. The van der Waals surface area contributed by atoms with Crippen LogP contribution in [0.4, 0.5) is 10.7 Å². The molecule has 2 heterocycles. The van der Waals surface area contributed by atoms with Gasteiger partial charge in [0.2, 0.25) is 5.95 Å².